The summed E-state index contributed by atoms with van der Waals surface area (Å²) in [6.45, 7) is 7.62. The number of aromatic nitrogens is 2. The Morgan fingerprint density at radius 3 is 2.62 bits per heavy atom. The molecule has 0 aliphatic rings. The van der Waals surface area contributed by atoms with Gasteiger partial charge in [-0.1, -0.05) is 6.07 Å². The number of fused-ring (bicyclic) bond motifs is 1. The first-order valence-electron chi connectivity index (χ1n) is 6.90. The van der Waals surface area contributed by atoms with Crippen LogP contribution in [-0.4, -0.2) is 28.1 Å². The number of benzene rings is 1. The molecule has 0 bridgehead atoms. The van der Waals surface area contributed by atoms with Gasteiger partial charge in [-0.2, -0.15) is 0 Å². The van der Waals surface area contributed by atoms with Gasteiger partial charge in [-0.25, -0.2) is 4.79 Å². The third kappa shape index (κ3) is 4.19. The van der Waals surface area contributed by atoms with Crippen LogP contribution in [0.1, 0.15) is 39.3 Å². The van der Waals surface area contributed by atoms with E-state index in [4.69, 9.17) is 4.74 Å². The fraction of sp³-hybridized carbons (Fsp3) is 0.467. The number of imidazole rings is 1. The molecule has 0 radical (unpaired) electrons. The Morgan fingerprint density at radius 1 is 1.29 bits per heavy atom. The molecule has 114 valence electrons. The van der Waals surface area contributed by atoms with Crippen molar-refractivity contribution in [2.75, 3.05) is 6.61 Å². The third-order valence-corrected chi connectivity index (χ3v) is 3.05. The second-order valence-corrected chi connectivity index (χ2v) is 6.07. The van der Waals surface area contributed by atoms with Gasteiger partial charge >= 0.3 is 5.69 Å². The second-order valence-electron chi connectivity index (χ2n) is 6.07. The van der Waals surface area contributed by atoms with Gasteiger partial charge in [0.2, 0.25) is 5.91 Å². The van der Waals surface area contributed by atoms with Crippen LogP contribution in [0.25, 0.3) is 11.0 Å². The molecule has 1 amide bonds. The van der Waals surface area contributed by atoms with Gasteiger partial charge in [-0.15, -0.1) is 0 Å². The molecule has 6 heteroatoms. The van der Waals surface area contributed by atoms with Crippen molar-refractivity contribution in [3.8, 4) is 0 Å². The number of hydrogen-bond acceptors (Lipinski definition) is 3. The van der Waals surface area contributed by atoms with Gasteiger partial charge in [0.25, 0.3) is 0 Å². The predicted octanol–water partition coefficient (Wildman–Crippen LogP) is 1.85. The fourth-order valence-electron chi connectivity index (χ4n) is 1.97. The van der Waals surface area contributed by atoms with E-state index in [0.29, 0.717) is 0 Å². The summed E-state index contributed by atoms with van der Waals surface area (Å²) in [5, 5.41) is 2.87. The topological polar surface area (TPSA) is 87.0 Å². The van der Waals surface area contributed by atoms with Gasteiger partial charge in [0.05, 0.1) is 22.7 Å². The van der Waals surface area contributed by atoms with Crippen molar-refractivity contribution in [2.24, 2.45) is 0 Å². The monoisotopic (exact) mass is 291 g/mol. The zero-order valence-corrected chi connectivity index (χ0v) is 12.7. The molecule has 0 fully saturated rings. The van der Waals surface area contributed by atoms with Crippen molar-refractivity contribution >= 4 is 16.9 Å². The molecule has 0 spiro atoms. The normalized spacial score (nSPS) is 13.3. The molecular weight excluding hydrogens is 270 g/mol. The average Bonchev–Trinajstić information content (AvgIpc) is 2.74. The molecule has 21 heavy (non-hydrogen) atoms. The SMILES string of the molecule is CC(NC(=O)COC(C)(C)C)c1ccc2[nH]c(=O)[nH]c2c1. The maximum absolute atomic E-state index is 11.8. The Balaban J connectivity index is 2.02. The van der Waals surface area contributed by atoms with Gasteiger partial charge in [0.1, 0.15) is 6.61 Å². The summed E-state index contributed by atoms with van der Waals surface area (Å²) in [6.07, 6.45) is 0. The largest absolute Gasteiger partial charge is 0.366 e. The first-order chi connectivity index (χ1) is 9.74. The Bertz CT molecular complexity index is 694. The molecule has 1 aromatic carbocycles. The van der Waals surface area contributed by atoms with Crippen molar-refractivity contribution < 1.29 is 9.53 Å². The summed E-state index contributed by atoms with van der Waals surface area (Å²) < 4.78 is 5.44. The Hall–Kier alpha value is -2.08. The van der Waals surface area contributed by atoms with E-state index < -0.39 is 0 Å². The van der Waals surface area contributed by atoms with Gasteiger partial charge in [0.15, 0.2) is 0 Å². The van der Waals surface area contributed by atoms with Gasteiger partial charge < -0.3 is 20.0 Å². The van der Waals surface area contributed by atoms with E-state index in [0.717, 1.165) is 16.6 Å². The van der Waals surface area contributed by atoms with E-state index in [2.05, 4.69) is 15.3 Å². The third-order valence-electron chi connectivity index (χ3n) is 3.05. The van der Waals surface area contributed by atoms with Crippen LogP contribution in [0, 0.1) is 0 Å². The summed E-state index contributed by atoms with van der Waals surface area (Å²) in [7, 11) is 0. The Labute approximate surface area is 122 Å². The van der Waals surface area contributed by atoms with Crippen LogP contribution in [0.15, 0.2) is 23.0 Å². The predicted molar refractivity (Wildman–Crippen MR) is 81.2 cm³/mol. The van der Waals surface area contributed by atoms with E-state index in [-0.39, 0.29) is 29.8 Å². The van der Waals surface area contributed by atoms with Crippen molar-refractivity contribution in [2.45, 2.75) is 39.3 Å². The first-order valence-corrected chi connectivity index (χ1v) is 6.90. The van der Waals surface area contributed by atoms with Crippen LogP contribution in [0.5, 0.6) is 0 Å². The van der Waals surface area contributed by atoms with Crippen LogP contribution in [0.4, 0.5) is 0 Å². The minimum Gasteiger partial charge on any atom is -0.366 e. The highest BCUT2D eigenvalue weighted by molar-refractivity contribution is 5.78. The number of ether oxygens (including phenoxy) is 1. The molecule has 3 N–H and O–H groups in total. The van der Waals surface area contributed by atoms with Crippen molar-refractivity contribution in [3.63, 3.8) is 0 Å². The number of carbonyl (C=O) groups is 1. The van der Waals surface area contributed by atoms with E-state index in [1.807, 2.05) is 45.9 Å². The smallest absolute Gasteiger partial charge is 0.323 e. The molecule has 0 saturated carbocycles. The highest BCUT2D eigenvalue weighted by atomic mass is 16.5. The fourth-order valence-corrected chi connectivity index (χ4v) is 1.97. The Morgan fingerprint density at radius 2 is 1.95 bits per heavy atom. The minimum atomic E-state index is -0.343. The molecule has 1 heterocycles. The molecule has 0 saturated heterocycles. The van der Waals surface area contributed by atoms with Crippen LogP contribution >= 0.6 is 0 Å². The highest BCUT2D eigenvalue weighted by Crippen LogP contribution is 2.17. The summed E-state index contributed by atoms with van der Waals surface area (Å²) in [6, 6.07) is 5.38. The maximum atomic E-state index is 11.8. The minimum absolute atomic E-state index is 0.0249. The average molecular weight is 291 g/mol. The lowest BCUT2D eigenvalue weighted by atomic mass is 10.1. The molecule has 1 atom stereocenters. The van der Waals surface area contributed by atoms with Gasteiger partial charge in [-0.3, -0.25) is 4.79 Å². The van der Waals surface area contributed by atoms with Gasteiger partial charge in [-0.05, 0) is 45.4 Å². The number of aromatic amines is 2. The number of H-pyrrole nitrogens is 2. The lowest BCUT2D eigenvalue weighted by Crippen LogP contribution is -2.33. The number of amides is 1. The lowest BCUT2D eigenvalue weighted by molar-refractivity contribution is -0.131. The standard InChI is InChI=1S/C15H21N3O3/c1-9(16-13(19)8-21-15(2,3)4)10-5-6-11-12(7-10)18-14(20)17-11/h5-7,9H,8H2,1-4H3,(H,16,19)(H2,17,18,20). The first kappa shape index (κ1) is 15.3. The second kappa shape index (κ2) is 5.73. The van der Waals surface area contributed by atoms with Gasteiger partial charge in [0, 0.05) is 0 Å². The molecule has 6 nitrogen and oxygen atoms in total. The highest BCUT2D eigenvalue weighted by Gasteiger charge is 2.15. The summed E-state index contributed by atoms with van der Waals surface area (Å²) >= 11 is 0. The van der Waals surface area contributed by atoms with Crippen molar-refractivity contribution in [1.82, 2.24) is 15.3 Å². The zero-order chi connectivity index (χ0) is 15.6. The van der Waals surface area contributed by atoms with Crippen LogP contribution in [0.3, 0.4) is 0 Å². The number of hydrogen-bond donors (Lipinski definition) is 3. The zero-order valence-electron chi connectivity index (χ0n) is 12.7. The van der Waals surface area contributed by atoms with Crippen molar-refractivity contribution in [3.05, 3.63) is 34.2 Å². The van der Waals surface area contributed by atoms with Crippen LogP contribution in [-0.2, 0) is 9.53 Å². The molecular formula is C15H21N3O3. The number of nitrogens with one attached hydrogen (secondary N) is 3. The van der Waals surface area contributed by atoms with Crippen LogP contribution in [0.2, 0.25) is 0 Å². The van der Waals surface area contributed by atoms with Crippen LogP contribution < -0.4 is 11.0 Å². The lowest BCUT2D eigenvalue weighted by Gasteiger charge is -2.20. The van der Waals surface area contributed by atoms with E-state index in [9.17, 15) is 9.59 Å². The molecule has 2 aromatic rings. The quantitative estimate of drug-likeness (QED) is 0.803. The molecule has 0 aliphatic heterocycles. The van der Waals surface area contributed by atoms with E-state index in [1.54, 1.807) is 0 Å². The van der Waals surface area contributed by atoms with Crippen molar-refractivity contribution in [1.29, 1.82) is 0 Å². The number of rotatable bonds is 4. The molecule has 0 aliphatic carbocycles. The summed E-state index contributed by atoms with van der Waals surface area (Å²) in [5.41, 5.74) is 1.81. The van der Waals surface area contributed by atoms with E-state index >= 15 is 0 Å². The van der Waals surface area contributed by atoms with E-state index in [1.165, 1.54) is 0 Å². The number of carbonyl (C=O) groups excluding carboxylic acids is 1. The molecule has 1 unspecified atom stereocenters. The molecule has 1 aromatic heterocycles. The summed E-state index contributed by atoms with van der Waals surface area (Å²) in [4.78, 5) is 28.5. The molecule has 2 rings (SSSR count). The maximum Gasteiger partial charge on any atom is 0.323 e. The summed E-state index contributed by atoms with van der Waals surface area (Å²) in [5.74, 6) is -0.167. The Kier molecular flexibility index (Phi) is 4.18.